The van der Waals surface area contributed by atoms with Crippen LogP contribution in [0.4, 0.5) is 0 Å². The lowest BCUT2D eigenvalue weighted by Crippen LogP contribution is -2.61. The van der Waals surface area contributed by atoms with E-state index in [4.69, 9.17) is 28.4 Å². The predicted molar refractivity (Wildman–Crippen MR) is 132 cm³/mol. The molecule has 0 spiro atoms. The summed E-state index contributed by atoms with van der Waals surface area (Å²) in [6.07, 6.45) is -7.77. The van der Waals surface area contributed by atoms with Crippen LogP contribution in [-0.4, -0.2) is 115 Å². The molecule has 1 saturated carbocycles. The number of aliphatic hydroxyl groups is 4. The number of rotatable bonds is 9. The second-order valence-electron chi connectivity index (χ2n) is 8.93. The fourth-order valence-corrected chi connectivity index (χ4v) is 4.55. The van der Waals surface area contributed by atoms with Crippen LogP contribution in [0.5, 0.6) is 11.5 Å². The summed E-state index contributed by atoms with van der Waals surface area (Å²) >= 11 is 0. The molecule has 1 heterocycles. The Morgan fingerprint density at radius 1 is 1.15 bits per heavy atom. The second-order valence-corrected chi connectivity index (χ2v) is 8.93. The van der Waals surface area contributed by atoms with Crippen LogP contribution < -0.4 is 4.74 Å². The Labute approximate surface area is 225 Å². The number of phenols is 1. The van der Waals surface area contributed by atoms with Gasteiger partial charge in [0.2, 0.25) is 0 Å². The normalized spacial score (nSPS) is 34.1. The number of methoxy groups -OCH3 is 3. The van der Waals surface area contributed by atoms with E-state index in [0.717, 1.165) is 12.2 Å². The van der Waals surface area contributed by atoms with Crippen molar-refractivity contribution in [2.24, 2.45) is 0 Å². The van der Waals surface area contributed by atoms with E-state index in [9.17, 15) is 35.6 Å². The van der Waals surface area contributed by atoms with E-state index in [-0.39, 0.29) is 23.5 Å². The van der Waals surface area contributed by atoms with Crippen LogP contribution in [-0.2, 0) is 28.5 Å². The molecule has 0 bridgehead atoms. The predicted octanol–water partition coefficient (Wildman–Crippen LogP) is -0.605. The number of benzene rings is 1. The van der Waals surface area contributed by atoms with E-state index in [1.54, 1.807) is 0 Å². The first kappa shape index (κ1) is 30.5. The van der Waals surface area contributed by atoms with Crippen molar-refractivity contribution in [3.63, 3.8) is 0 Å². The third-order valence-electron chi connectivity index (χ3n) is 6.63. The largest absolute Gasteiger partial charge is 0.504 e. The number of esters is 1. The molecule has 214 valence electrons. The van der Waals surface area contributed by atoms with Gasteiger partial charge >= 0.3 is 5.97 Å². The van der Waals surface area contributed by atoms with Crippen molar-refractivity contribution in [2.75, 3.05) is 27.9 Å². The van der Waals surface area contributed by atoms with E-state index in [2.05, 4.69) is 0 Å². The van der Waals surface area contributed by atoms with Crippen molar-refractivity contribution in [2.45, 2.75) is 61.5 Å². The topological polar surface area (TPSA) is 197 Å². The monoisotopic (exact) mass is 551 g/mol. The SMILES string of the molecule is COc1cc(C=CC(=O)OC2C(OC3CC(OC)C(OC)C(O)C3=CC#N)OC(CO)C(O)C2O)ccc1O. The number of ether oxygens (including phenoxy) is 6. The fourth-order valence-electron chi connectivity index (χ4n) is 4.55. The molecule has 0 radical (unpaired) electrons. The molecule has 3 rings (SSSR count). The summed E-state index contributed by atoms with van der Waals surface area (Å²) < 4.78 is 32.8. The second kappa shape index (κ2) is 13.8. The van der Waals surface area contributed by atoms with Gasteiger partial charge < -0.3 is 54.0 Å². The highest BCUT2D eigenvalue weighted by molar-refractivity contribution is 5.87. The molecular formula is C26H33NO12. The number of aliphatic hydroxyl groups excluding tert-OH is 4. The average Bonchev–Trinajstić information content (AvgIpc) is 2.93. The summed E-state index contributed by atoms with van der Waals surface area (Å²) in [6, 6.07) is 6.24. The number of nitriles is 1. The van der Waals surface area contributed by atoms with Crippen molar-refractivity contribution >= 4 is 12.0 Å². The molecule has 9 unspecified atom stereocenters. The number of allylic oxidation sites excluding steroid dienone is 1. The van der Waals surface area contributed by atoms with E-state index in [1.807, 2.05) is 6.07 Å². The zero-order valence-electron chi connectivity index (χ0n) is 21.6. The van der Waals surface area contributed by atoms with Crippen LogP contribution in [0.2, 0.25) is 0 Å². The van der Waals surface area contributed by atoms with Crippen LogP contribution in [0.1, 0.15) is 12.0 Å². The Bertz CT molecular complexity index is 1090. The molecule has 2 fully saturated rings. The lowest BCUT2D eigenvalue weighted by atomic mass is 9.84. The van der Waals surface area contributed by atoms with Gasteiger partial charge in [-0.15, -0.1) is 0 Å². The maximum atomic E-state index is 12.7. The Kier molecular flexibility index (Phi) is 10.8. The Morgan fingerprint density at radius 2 is 1.90 bits per heavy atom. The van der Waals surface area contributed by atoms with Crippen molar-refractivity contribution in [1.29, 1.82) is 5.26 Å². The number of carbonyl (C=O) groups excluding carboxylic acids is 1. The third kappa shape index (κ3) is 6.93. The summed E-state index contributed by atoms with van der Waals surface area (Å²) in [5.74, 6) is -0.824. The van der Waals surface area contributed by atoms with Crippen molar-refractivity contribution in [3.05, 3.63) is 41.5 Å². The minimum absolute atomic E-state index is 0.0858. The van der Waals surface area contributed by atoms with Crippen molar-refractivity contribution in [3.8, 4) is 17.6 Å². The summed E-state index contributed by atoms with van der Waals surface area (Å²) in [4.78, 5) is 12.7. The zero-order valence-corrected chi connectivity index (χ0v) is 21.6. The van der Waals surface area contributed by atoms with Gasteiger partial charge in [-0.2, -0.15) is 5.26 Å². The van der Waals surface area contributed by atoms with E-state index in [1.165, 1.54) is 45.6 Å². The van der Waals surface area contributed by atoms with Gasteiger partial charge in [-0.05, 0) is 23.8 Å². The molecule has 0 amide bonds. The molecule has 1 saturated heterocycles. The van der Waals surface area contributed by atoms with Gasteiger partial charge in [0.25, 0.3) is 0 Å². The zero-order chi connectivity index (χ0) is 28.7. The molecule has 5 N–H and O–H groups in total. The standard InChI is InChI=1S/C26H33NO12/c1-34-17-10-13(4-6-15(17)29)5-7-20(30)39-25-23(33)22(32)19(12-28)38-26(25)37-16-11-18(35-2)24(36-3)21(31)14(16)8-9-27/h4-8,10,16,18-19,21-26,28-29,31-33H,11-12H2,1-3H3. The van der Waals surface area contributed by atoms with Crippen LogP contribution in [0.15, 0.2) is 35.9 Å². The quantitative estimate of drug-likeness (QED) is 0.148. The van der Waals surface area contributed by atoms with Gasteiger partial charge in [-0.1, -0.05) is 6.07 Å². The maximum absolute atomic E-state index is 12.7. The Balaban J connectivity index is 1.84. The number of hydrogen-bond donors (Lipinski definition) is 5. The Hall–Kier alpha value is -3.06. The molecule has 9 atom stereocenters. The number of aromatic hydroxyl groups is 1. The molecule has 0 aromatic heterocycles. The third-order valence-corrected chi connectivity index (χ3v) is 6.63. The summed E-state index contributed by atoms with van der Waals surface area (Å²) in [7, 11) is 4.18. The number of nitrogens with zero attached hydrogens (tertiary/aromatic N) is 1. The van der Waals surface area contributed by atoms with E-state index in [0.29, 0.717) is 5.56 Å². The molecule has 2 aliphatic rings. The van der Waals surface area contributed by atoms with Crippen LogP contribution in [0.25, 0.3) is 6.08 Å². The van der Waals surface area contributed by atoms with Crippen LogP contribution in [0, 0.1) is 11.3 Å². The number of carbonyl (C=O) groups is 1. The van der Waals surface area contributed by atoms with Gasteiger partial charge in [0.15, 0.2) is 23.9 Å². The molecule has 13 heteroatoms. The highest BCUT2D eigenvalue weighted by Gasteiger charge is 2.50. The van der Waals surface area contributed by atoms with Crippen molar-refractivity contribution < 1.29 is 58.7 Å². The maximum Gasteiger partial charge on any atom is 0.331 e. The van der Waals surface area contributed by atoms with Crippen molar-refractivity contribution in [1.82, 2.24) is 0 Å². The minimum Gasteiger partial charge on any atom is -0.504 e. The highest BCUT2D eigenvalue weighted by atomic mass is 16.7. The highest BCUT2D eigenvalue weighted by Crippen LogP contribution is 2.34. The first-order chi connectivity index (χ1) is 18.7. The van der Waals surface area contributed by atoms with Gasteiger partial charge in [-0.3, -0.25) is 0 Å². The van der Waals surface area contributed by atoms with E-state index < -0.39 is 67.7 Å². The molecule has 1 aromatic rings. The first-order valence-corrected chi connectivity index (χ1v) is 12.1. The lowest BCUT2D eigenvalue weighted by Gasteiger charge is -2.45. The lowest BCUT2D eigenvalue weighted by molar-refractivity contribution is -0.314. The molecule has 1 aliphatic heterocycles. The smallest absolute Gasteiger partial charge is 0.331 e. The summed E-state index contributed by atoms with van der Waals surface area (Å²) in [5.41, 5.74) is 0.643. The Morgan fingerprint density at radius 3 is 2.51 bits per heavy atom. The molecule has 1 aromatic carbocycles. The summed E-state index contributed by atoms with van der Waals surface area (Å²) in [5, 5.41) is 60.6. The fraction of sp³-hybridized carbons (Fsp3) is 0.538. The average molecular weight is 552 g/mol. The minimum atomic E-state index is -1.71. The van der Waals surface area contributed by atoms with Crippen LogP contribution >= 0.6 is 0 Å². The van der Waals surface area contributed by atoms with Crippen LogP contribution in [0.3, 0.4) is 0 Å². The molecule has 39 heavy (non-hydrogen) atoms. The van der Waals surface area contributed by atoms with E-state index >= 15 is 0 Å². The van der Waals surface area contributed by atoms with Gasteiger partial charge in [0.05, 0.1) is 32.0 Å². The first-order valence-electron chi connectivity index (χ1n) is 12.1. The molecule has 1 aliphatic carbocycles. The molecule has 13 nitrogen and oxygen atoms in total. The number of phenolic OH excluding ortho intramolecular Hbond substituents is 1. The molecular weight excluding hydrogens is 518 g/mol. The van der Waals surface area contributed by atoms with Gasteiger partial charge in [0, 0.05) is 38.4 Å². The van der Waals surface area contributed by atoms with Gasteiger partial charge in [-0.25, -0.2) is 4.79 Å². The summed E-state index contributed by atoms with van der Waals surface area (Å²) in [6.45, 7) is -0.679. The number of hydrogen-bond acceptors (Lipinski definition) is 13. The van der Waals surface area contributed by atoms with Gasteiger partial charge in [0.1, 0.15) is 30.5 Å².